The minimum Gasteiger partial charge on any atom is -0.395 e. The Balaban J connectivity index is 0.00000240. The molecule has 0 spiro atoms. The molecular weight excluding hydrogens is 424 g/mol. The maximum atomic E-state index is 9.50. The van der Waals surface area contributed by atoms with Crippen molar-refractivity contribution < 1.29 is 14.8 Å². The van der Waals surface area contributed by atoms with Gasteiger partial charge in [-0.1, -0.05) is 47.4 Å². The van der Waals surface area contributed by atoms with Crippen LogP contribution >= 0.6 is 35.5 Å². The first kappa shape index (κ1) is 21.9. The number of para-hydroxylation sites is 2. The Hall–Kier alpha value is -1.83. The van der Waals surface area contributed by atoms with Crippen LogP contribution < -0.4 is 9.47 Å². The first-order valence-corrected chi connectivity index (χ1v) is 10.9. The maximum absolute atomic E-state index is 9.50. The van der Waals surface area contributed by atoms with E-state index in [2.05, 4.69) is 52.8 Å². The minimum atomic E-state index is 0. The van der Waals surface area contributed by atoms with E-state index < -0.39 is 0 Å². The summed E-state index contributed by atoms with van der Waals surface area (Å²) in [4.78, 5) is 3.39. The van der Waals surface area contributed by atoms with Crippen LogP contribution in [0.3, 0.4) is 0 Å². The molecule has 4 nitrogen and oxygen atoms in total. The van der Waals surface area contributed by atoms with Crippen LogP contribution in [0.15, 0.2) is 70.1 Å². The number of fused-ring (bicyclic) bond motifs is 2. The molecule has 0 bridgehead atoms. The molecule has 29 heavy (non-hydrogen) atoms. The molecule has 0 aliphatic carbocycles. The van der Waals surface area contributed by atoms with Crippen molar-refractivity contribution in [2.75, 3.05) is 24.7 Å². The number of nitrogens with zero attached hydrogens (tertiary/aromatic N) is 2. The summed E-state index contributed by atoms with van der Waals surface area (Å²) in [5.74, 6) is 0. The lowest BCUT2D eigenvalue weighted by Gasteiger charge is -2.19. The van der Waals surface area contributed by atoms with Gasteiger partial charge in [-0.15, -0.1) is 12.4 Å². The van der Waals surface area contributed by atoms with Crippen molar-refractivity contribution in [3.8, 4) is 0 Å². The average Bonchev–Trinajstić information content (AvgIpc) is 3.21. The van der Waals surface area contributed by atoms with Gasteiger partial charge in [0.25, 0.3) is 5.01 Å². The molecule has 1 aliphatic heterocycles. The monoisotopic (exact) mass is 447 g/mol. The van der Waals surface area contributed by atoms with E-state index in [9.17, 15) is 10.2 Å². The number of hydrogen-bond donors (Lipinski definition) is 2. The fourth-order valence-electron chi connectivity index (χ4n) is 3.41. The highest BCUT2D eigenvalue weighted by atomic mass is 35.5. The number of aromatic nitrogens is 1. The summed E-state index contributed by atoms with van der Waals surface area (Å²) in [5, 5.41) is 21.2. The SMILES string of the molecule is CC(/C=C1\Sc2ccccc2N1CCO)=C\c1sc2ccccc2[n+]1CCO.Cl. The van der Waals surface area contributed by atoms with Crippen molar-refractivity contribution in [3.05, 3.63) is 70.2 Å². The van der Waals surface area contributed by atoms with E-state index in [0.29, 0.717) is 13.1 Å². The Morgan fingerprint density at radius 3 is 2.62 bits per heavy atom. The van der Waals surface area contributed by atoms with Gasteiger partial charge in [0.15, 0.2) is 6.54 Å². The molecule has 2 N–H and O–H groups in total. The van der Waals surface area contributed by atoms with Crippen LogP contribution in [0.1, 0.15) is 11.9 Å². The van der Waals surface area contributed by atoms with Gasteiger partial charge >= 0.3 is 0 Å². The van der Waals surface area contributed by atoms with Gasteiger partial charge in [-0.05, 0) is 36.8 Å². The molecule has 152 valence electrons. The Morgan fingerprint density at radius 2 is 1.83 bits per heavy atom. The predicted octanol–water partition coefficient (Wildman–Crippen LogP) is 4.45. The molecule has 1 aliphatic rings. The van der Waals surface area contributed by atoms with E-state index in [-0.39, 0.29) is 25.6 Å². The van der Waals surface area contributed by atoms with Crippen LogP contribution in [0.4, 0.5) is 5.69 Å². The van der Waals surface area contributed by atoms with E-state index in [0.717, 1.165) is 26.8 Å². The summed E-state index contributed by atoms with van der Waals surface area (Å²) >= 11 is 3.47. The molecule has 4 rings (SSSR count). The lowest BCUT2D eigenvalue weighted by Crippen LogP contribution is -2.36. The molecule has 0 radical (unpaired) electrons. The van der Waals surface area contributed by atoms with Crippen molar-refractivity contribution in [2.24, 2.45) is 0 Å². The fraction of sp³-hybridized carbons (Fsp3) is 0.227. The second-order valence-corrected chi connectivity index (χ2v) is 8.72. The third kappa shape index (κ3) is 4.52. The summed E-state index contributed by atoms with van der Waals surface area (Å²) in [6.45, 7) is 3.48. The van der Waals surface area contributed by atoms with Gasteiger partial charge in [0, 0.05) is 23.6 Å². The number of aliphatic hydroxyl groups is 2. The largest absolute Gasteiger partial charge is 0.395 e. The Morgan fingerprint density at radius 1 is 1.07 bits per heavy atom. The van der Waals surface area contributed by atoms with Crippen molar-refractivity contribution in [3.63, 3.8) is 0 Å². The van der Waals surface area contributed by atoms with E-state index in [1.807, 2.05) is 24.3 Å². The lowest BCUT2D eigenvalue weighted by molar-refractivity contribution is -0.670. The molecule has 2 aromatic carbocycles. The molecule has 1 aromatic heterocycles. The number of thioether (sulfide) groups is 1. The number of halogens is 1. The number of rotatable bonds is 6. The van der Waals surface area contributed by atoms with Gasteiger partial charge in [-0.2, -0.15) is 4.57 Å². The van der Waals surface area contributed by atoms with E-state index >= 15 is 0 Å². The minimum absolute atomic E-state index is 0. The molecule has 0 unspecified atom stereocenters. The number of benzene rings is 2. The van der Waals surface area contributed by atoms with Gasteiger partial charge in [0.1, 0.15) is 11.3 Å². The third-order valence-electron chi connectivity index (χ3n) is 4.62. The quantitative estimate of drug-likeness (QED) is 0.548. The number of aliphatic hydroxyl groups excluding tert-OH is 2. The van der Waals surface area contributed by atoms with Gasteiger partial charge < -0.3 is 15.1 Å². The predicted molar refractivity (Wildman–Crippen MR) is 125 cm³/mol. The van der Waals surface area contributed by atoms with Crippen LogP contribution in [0.5, 0.6) is 0 Å². The van der Waals surface area contributed by atoms with Crippen molar-refractivity contribution in [1.29, 1.82) is 0 Å². The number of allylic oxidation sites excluding steroid dienone is 2. The number of β-amino-alcohol motifs (C(OH)–C–C–N with tert-alkyl or cyclic N) is 1. The molecule has 0 amide bonds. The molecule has 0 saturated carbocycles. The second kappa shape index (κ2) is 9.78. The molecule has 0 saturated heterocycles. The highest BCUT2D eigenvalue weighted by molar-refractivity contribution is 8.03. The van der Waals surface area contributed by atoms with Crippen molar-refractivity contribution in [2.45, 2.75) is 18.4 Å². The average molecular weight is 448 g/mol. The van der Waals surface area contributed by atoms with Gasteiger partial charge in [-0.3, -0.25) is 0 Å². The number of thiazole rings is 1. The van der Waals surface area contributed by atoms with Crippen molar-refractivity contribution in [1.82, 2.24) is 0 Å². The molecule has 3 aromatic rings. The Labute approximate surface area is 185 Å². The fourth-order valence-corrected chi connectivity index (χ4v) is 5.81. The zero-order chi connectivity index (χ0) is 19.5. The van der Waals surface area contributed by atoms with Gasteiger partial charge in [0.05, 0.1) is 17.3 Å². The van der Waals surface area contributed by atoms with Crippen molar-refractivity contribution >= 4 is 57.5 Å². The standard InChI is InChI=1S/C22H23N2O2S2.ClH/c1-16(14-21-23(10-12-25)17-6-2-4-8-19(17)27-21)15-22-24(11-13-26)18-7-3-5-9-20(18)28-22;/h2-9,14-15,25-26H,10-13H2,1H3;1H/q+1;. The van der Waals surface area contributed by atoms with Crippen LogP contribution in [-0.4, -0.2) is 30.0 Å². The van der Waals surface area contributed by atoms with Gasteiger partial charge in [0.2, 0.25) is 5.52 Å². The summed E-state index contributed by atoms with van der Waals surface area (Å²) in [6.07, 6.45) is 4.35. The van der Waals surface area contributed by atoms with E-state index in [1.165, 1.54) is 9.60 Å². The van der Waals surface area contributed by atoms with E-state index in [1.54, 1.807) is 23.1 Å². The smallest absolute Gasteiger partial charge is 0.263 e. The maximum Gasteiger partial charge on any atom is 0.263 e. The number of anilines is 1. The third-order valence-corrected chi connectivity index (χ3v) is 6.85. The summed E-state index contributed by atoms with van der Waals surface area (Å²) in [7, 11) is 0. The highest BCUT2D eigenvalue weighted by Gasteiger charge is 2.24. The molecule has 0 fully saturated rings. The highest BCUT2D eigenvalue weighted by Crippen LogP contribution is 2.45. The molecule has 0 atom stereocenters. The first-order valence-electron chi connectivity index (χ1n) is 9.29. The topological polar surface area (TPSA) is 47.6 Å². The zero-order valence-electron chi connectivity index (χ0n) is 16.1. The van der Waals surface area contributed by atoms with Crippen LogP contribution in [0.25, 0.3) is 16.3 Å². The van der Waals surface area contributed by atoms with Crippen LogP contribution in [0.2, 0.25) is 0 Å². The zero-order valence-corrected chi connectivity index (χ0v) is 18.6. The second-order valence-electron chi connectivity index (χ2n) is 6.60. The molecule has 7 heteroatoms. The Bertz CT molecular complexity index is 1060. The molecule has 2 heterocycles. The summed E-state index contributed by atoms with van der Waals surface area (Å²) in [5.41, 5.74) is 3.44. The van der Waals surface area contributed by atoms with E-state index in [4.69, 9.17) is 0 Å². The summed E-state index contributed by atoms with van der Waals surface area (Å²) < 4.78 is 3.39. The lowest BCUT2D eigenvalue weighted by atomic mass is 10.2. The van der Waals surface area contributed by atoms with Crippen LogP contribution in [-0.2, 0) is 6.54 Å². The summed E-state index contributed by atoms with van der Waals surface area (Å²) in [6, 6.07) is 16.6. The normalized spacial score (nSPS) is 15.1. The number of hydrogen-bond acceptors (Lipinski definition) is 5. The van der Waals surface area contributed by atoms with Crippen LogP contribution in [0, 0.1) is 0 Å². The Kier molecular flexibility index (Phi) is 7.38. The van der Waals surface area contributed by atoms with Gasteiger partial charge in [-0.25, -0.2) is 0 Å². The molecular formula is C22H24ClN2O2S2+. The first-order chi connectivity index (χ1) is 13.7.